The number of thiazole rings is 1. The van der Waals surface area contributed by atoms with Crippen molar-refractivity contribution in [2.24, 2.45) is 0 Å². The van der Waals surface area contributed by atoms with E-state index in [0.29, 0.717) is 9.34 Å². The van der Waals surface area contributed by atoms with Gasteiger partial charge in [-0.3, -0.25) is 0 Å². The average Bonchev–Trinajstić information content (AvgIpc) is 2.86. The summed E-state index contributed by atoms with van der Waals surface area (Å²) in [6.45, 7) is 5.71. The molecule has 0 amide bonds. The van der Waals surface area contributed by atoms with Crippen LogP contribution in [0.4, 0.5) is 5.13 Å². The normalized spacial score (nSPS) is 11.8. The van der Waals surface area contributed by atoms with E-state index in [-0.39, 0.29) is 0 Å². The summed E-state index contributed by atoms with van der Waals surface area (Å²) in [6, 6.07) is 3.45. The zero-order valence-corrected chi connectivity index (χ0v) is 13.0. The van der Waals surface area contributed by atoms with Gasteiger partial charge in [0.1, 0.15) is 4.21 Å². The first-order valence-corrected chi connectivity index (χ1v) is 8.39. The van der Waals surface area contributed by atoms with Crippen molar-refractivity contribution in [1.29, 1.82) is 0 Å². The summed E-state index contributed by atoms with van der Waals surface area (Å²) in [4.78, 5) is 6.30. The lowest BCUT2D eigenvalue weighted by atomic mass is 10.4. The molecule has 0 aliphatic rings. The van der Waals surface area contributed by atoms with Gasteiger partial charge in [0.15, 0.2) is 5.13 Å². The summed E-state index contributed by atoms with van der Waals surface area (Å²) in [5.41, 5.74) is 0.874. The predicted molar refractivity (Wildman–Crippen MR) is 76.2 cm³/mol. The number of thiophene rings is 1. The van der Waals surface area contributed by atoms with Gasteiger partial charge in [-0.15, -0.1) is 22.7 Å². The van der Waals surface area contributed by atoms with Crippen LogP contribution in [0, 0.1) is 20.8 Å². The molecule has 2 aromatic rings. The van der Waals surface area contributed by atoms with Gasteiger partial charge in [-0.2, -0.15) is 0 Å². The molecule has 2 heterocycles. The summed E-state index contributed by atoms with van der Waals surface area (Å²) in [5.74, 6) is 0. The lowest BCUT2D eigenvalue weighted by Crippen LogP contribution is -2.25. The highest BCUT2D eigenvalue weighted by atomic mass is 32.2. The van der Waals surface area contributed by atoms with Crippen molar-refractivity contribution in [3.8, 4) is 0 Å². The molecule has 0 aromatic carbocycles. The molecular formula is C11H14N2O2S3. The van der Waals surface area contributed by atoms with Crippen molar-refractivity contribution < 1.29 is 8.42 Å². The monoisotopic (exact) mass is 302 g/mol. The molecule has 0 saturated carbocycles. The molecule has 0 bridgehead atoms. The Labute approximate surface area is 115 Å². The van der Waals surface area contributed by atoms with Crippen molar-refractivity contribution in [3.05, 3.63) is 27.6 Å². The third-order valence-electron chi connectivity index (χ3n) is 2.62. The molecule has 0 atom stereocenters. The van der Waals surface area contributed by atoms with Crippen LogP contribution >= 0.6 is 22.7 Å². The topological polar surface area (TPSA) is 50.3 Å². The number of aromatic nitrogens is 1. The van der Waals surface area contributed by atoms with E-state index in [1.165, 1.54) is 27.0 Å². The predicted octanol–water partition coefficient (Wildman–Crippen LogP) is 2.95. The summed E-state index contributed by atoms with van der Waals surface area (Å²) in [6.07, 6.45) is 0. The molecule has 0 N–H and O–H groups in total. The highest BCUT2D eigenvalue weighted by molar-refractivity contribution is 7.95. The molecule has 4 nitrogen and oxygen atoms in total. The van der Waals surface area contributed by atoms with Crippen LogP contribution in [-0.4, -0.2) is 20.4 Å². The highest BCUT2D eigenvalue weighted by Crippen LogP contribution is 2.30. The average molecular weight is 302 g/mol. The van der Waals surface area contributed by atoms with E-state index in [1.54, 1.807) is 13.1 Å². The second-order valence-corrected chi connectivity index (χ2v) is 8.64. The third-order valence-corrected chi connectivity index (χ3v) is 7.10. The number of aryl methyl sites for hydroxylation is 3. The minimum Gasteiger partial charge on any atom is -0.244 e. The molecule has 0 unspecified atom stereocenters. The molecule has 2 aromatic heterocycles. The van der Waals surface area contributed by atoms with Crippen molar-refractivity contribution in [3.63, 3.8) is 0 Å². The highest BCUT2D eigenvalue weighted by Gasteiger charge is 2.25. The number of hydrogen-bond donors (Lipinski definition) is 0. The molecule has 2 rings (SSSR count). The Hall–Kier alpha value is -0.920. The lowest BCUT2D eigenvalue weighted by molar-refractivity contribution is 0.596. The van der Waals surface area contributed by atoms with Crippen LogP contribution in [0.2, 0.25) is 0 Å². The molecule has 0 radical (unpaired) electrons. The van der Waals surface area contributed by atoms with Crippen LogP contribution < -0.4 is 4.31 Å². The maximum atomic E-state index is 12.4. The number of hydrogen-bond acceptors (Lipinski definition) is 5. The van der Waals surface area contributed by atoms with Crippen molar-refractivity contribution >= 4 is 37.8 Å². The van der Waals surface area contributed by atoms with Crippen LogP contribution in [0.15, 0.2) is 16.3 Å². The molecule has 0 aliphatic carbocycles. The van der Waals surface area contributed by atoms with Gasteiger partial charge in [0, 0.05) is 16.8 Å². The van der Waals surface area contributed by atoms with E-state index in [4.69, 9.17) is 0 Å². The van der Waals surface area contributed by atoms with Crippen LogP contribution in [0.1, 0.15) is 15.4 Å². The van der Waals surface area contributed by atoms with Crippen LogP contribution in [-0.2, 0) is 10.0 Å². The second kappa shape index (κ2) is 4.64. The van der Waals surface area contributed by atoms with Gasteiger partial charge in [0.05, 0.1) is 5.69 Å². The maximum absolute atomic E-state index is 12.4. The van der Waals surface area contributed by atoms with Gasteiger partial charge in [0.25, 0.3) is 10.0 Å². The zero-order chi connectivity index (χ0) is 13.5. The number of nitrogens with zero attached hydrogens (tertiary/aromatic N) is 2. The summed E-state index contributed by atoms with van der Waals surface area (Å²) in [7, 11) is -1.93. The van der Waals surface area contributed by atoms with Gasteiger partial charge in [-0.05, 0) is 32.9 Å². The molecule has 7 heteroatoms. The third kappa shape index (κ3) is 2.30. The Morgan fingerprint density at radius 2 is 1.83 bits per heavy atom. The Morgan fingerprint density at radius 3 is 2.28 bits per heavy atom. The second-order valence-electron chi connectivity index (χ2n) is 3.98. The van der Waals surface area contributed by atoms with E-state index in [0.717, 1.165) is 15.4 Å². The number of rotatable bonds is 3. The van der Waals surface area contributed by atoms with Gasteiger partial charge in [-0.25, -0.2) is 17.7 Å². The number of sulfonamides is 1. The fourth-order valence-electron chi connectivity index (χ4n) is 1.38. The first-order chi connectivity index (χ1) is 8.32. The van der Waals surface area contributed by atoms with E-state index < -0.39 is 10.0 Å². The quantitative estimate of drug-likeness (QED) is 0.876. The fraction of sp³-hybridized carbons (Fsp3) is 0.364. The van der Waals surface area contributed by atoms with Crippen molar-refractivity contribution in [1.82, 2.24) is 4.98 Å². The van der Waals surface area contributed by atoms with Gasteiger partial charge < -0.3 is 0 Å². The molecule has 0 saturated heterocycles. The van der Waals surface area contributed by atoms with Gasteiger partial charge in [0.2, 0.25) is 0 Å². The fourth-order valence-corrected chi connectivity index (χ4v) is 5.06. The lowest BCUT2D eigenvalue weighted by Gasteiger charge is -2.14. The van der Waals surface area contributed by atoms with E-state index in [9.17, 15) is 8.42 Å². The Bertz CT molecular complexity index is 651. The Morgan fingerprint density at radius 1 is 1.17 bits per heavy atom. The smallest absolute Gasteiger partial charge is 0.244 e. The van der Waals surface area contributed by atoms with Crippen LogP contribution in [0.25, 0.3) is 0 Å². The molecule has 98 valence electrons. The SMILES string of the molecule is Cc1ccc(S(=O)(=O)N(C)c2nc(C)c(C)s2)s1. The molecule has 0 aliphatic heterocycles. The summed E-state index contributed by atoms with van der Waals surface area (Å²) >= 11 is 2.67. The van der Waals surface area contributed by atoms with Crippen LogP contribution in [0.3, 0.4) is 0 Å². The standard InChI is InChI=1S/C11H14N2O2S3/c1-7-5-6-10(16-7)18(14,15)13(4)11-12-8(2)9(3)17-11/h5-6H,1-4H3. The van der Waals surface area contributed by atoms with Crippen molar-refractivity contribution in [2.75, 3.05) is 11.4 Å². The summed E-state index contributed by atoms with van der Waals surface area (Å²) < 4.78 is 26.3. The molecular weight excluding hydrogens is 288 g/mol. The first-order valence-electron chi connectivity index (χ1n) is 5.32. The zero-order valence-electron chi connectivity index (χ0n) is 10.6. The minimum atomic E-state index is -3.47. The van der Waals surface area contributed by atoms with E-state index >= 15 is 0 Å². The Kier molecular flexibility index (Phi) is 3.48. The molecule has 18 heavy (non-hydrogen) atoms. The minimum absolute atomic E-state index is 0.355. The maximum Gasteiger partial charge on any atom is 0.275 e. The Balaban J connectivity index is 2.42. The molecule has 0 spiro atoms. The van der Waals surface area contributed by atoms with Gasteiger partial charge in [-0.1, -0.05) is 0 Å². The van der Waals surface area contributed by atoms with Crippen LogP contribution in [0.5, 0.6) is 0 Å². The van der Waals surface area contributed by atoms with E-state index in [2.05, 4.69) is 4.98 Å². The first kappa shape index (κ1) is 13.5. The summed E-state index contributed by atoms with van der Waals surface area (Å²) in [5, 5.41) is 0.510. The van der Waals surface area contributed by atoms with E-state index in [1.807, 2.05) is 26.8 Å². The van der Waals surface area contributed by atoms with Gasteiger partial charge >= 0.3 is 0 Å². The number of anilines is 1. The largest absolute Gasteiger partial charge is 0.275 e. The molecule has 0 fully saturated rings. The van der Waals surface area contributed by atoms with Crippen molar-refractivity contribution in [2.45, 2.75) is 25.0 Å².